The first kappa shape index (κ1) is 35.3. The smallest absolute Gasteiger partial charge is 0.333 e. The number of carbonyl (C=O) groups is 3. The second kappa shape index (κ2) is 19.4. The molecule has 0 aromatic heterocycles. The molecule has 5 nitrogen and oxygen atoms in total. The molecule has 0 aliphatic carbocycles. The Balaban J connectivity index is 4.48. The van der Waals surface area contributed by atoms with Crippen LogP contribution in [-0.2, 0) is 23.9 Å². The average molecular weight is 551 g/mol. The second-order valence-electron chi connectivity index (χ2n) is 12.2. The maximum Gasteiger partial charge on any atom is 0.333 e. The zero-order valence-electron chi connectivity index (χ0n) is 25.0. The van der Waals surface area contributed by atoms with Crippen molar-refractivity contribution in [3.05, 3.63) is 34.9 Å². The first-order valence-electron chi connectivity index (χ1n) is 14.2. The van der Waals surface area contributed by atoms with Gasteiger partial charge in [-0.05, 0) is 82.9 Å². The summed E-state index contributed by atoms with van der Waals surface area (Å²) in [7, 11) is -2.79. The largest absolute Gasteiger partial charge is 0.463 e. The van der Waals surface area contributed by atoms with E-state index < -0.39 is 16.1 Å². The van der Waals surface area contributed by atoms with Crippen LogP contribution in [0.25, 0.3) is 0 Å². The third-order valence-electron chi connectivity index (χ3n) is 5.68. The number of rotatable bonds is 20. The molecule has 0 heterocycles. The van der Waals surface area contributed by atoms with Gasteiger partial charge in [0, 0.05) is 27.3 Å². The van der Waals surface area contributed by atoms with E-state index in [-0.39, 0.29) is 11.9 Å². The summed E-state index contributed by atoms with van der Waals surface area (Å²) < 4.78 is 10.5. The highest BCUT2D eigenvalue weighted by Crippen LogP contribution is 2.21. The van der Waals surface area contributed by atoms with Crippen LogP contribution < -0.4 is 0 Å². The fourth-order valence-electron chi connectivity index (χ4n) is 4.03. The first-order chi connectivity index (χ1) is 17.3. The molecule has 0 fully saturated rings. The molecule has 0 saturated heterocycles. The Kier molecular flexibility index (Phi) is 18.4. The predicted molar refractivity (Wildman–Crippen MR) is 161 cm³/mol. The molecular formula is C30H54O5Si2. The molecule has 0 bridgehead atoms. The molecule has 0 atom stereocenters. The average Bonchev–Trinajstić information content (AvgIpc) is 2.79. The molecule has 0 amide bonds. The van der Waals surface area contributed by atoms with Crippen LogP contribution in [0.4, 0.5) is 0 Å². The summed E-state index contributed by atoms with van der Waals surface area (Å²) in [5.74, 6) is -0.339. The van der Waals surface area contributed by atoms with E-state index in [1.807, 2.05) is 19.9 Å². The first-order valence-corrected chi connectivity index (χ1v) is 21.6. The Labute approximate surface area is 229 Å². The van der Waals surface area contributed by atoms with Gasteiger partial charge in [0.15, 0.2) is 0 Å². The molecule has 7 heteroatoms. The number of hydrogen-bond acceptors (Lipinski definition) is 5. The molecule has 0 rings (SSSR count). The molecule has 0 aliphatic rings. The Morgan fingerprint density at radius 1 is 0.622 bits per heavy atom. The summed E-state index contributed by atoms with van der Waals surface area (Å²) in [4.78, 5) is 36.0. The Bertz CT molecular complexity index is 783. The minimum atomic E-state index is -1.40. The van der Waals surface area contributed by atoms with E-state index in [9.17, 15) is 14.4 Å². The van der Waals surface area contributed by atoms with Crippen molar-refractivity contribution in [1.29, 1.82) is 0 Å². The van der Waals surface area contributed by atoms with Gasteiger partial charge in [-0.1, -0.05) is 63.9 Å². The maximum absolute atomic E-state index is 12.3. The highest BCUT2D eigenvalue weighted by Gasteiger charge is 2.21. The number of carbonyl (C=O) groups excluding carboxylic acids is 3. The molecule has 0 N–H and O–H groups in total. The van der Waals surface area contributed by atoms with E-state index in [4.69, 9.17) is 9.47 Å². The molecule has 0 unspecified atom stereocenters. The van der Waals surface area contributed by atoms with Gasteiger partial charge in [-0.3, -0.25) is 4.79 Å². The van der Waals surface area contributed by atoms with Crippen LogP contribution in [-0.4, -0.2) is 47.6 Å². The van der Waals surface area contributed by atoms with Crippen LogP contribution in [0.1, 0.15) is 71.6 Å². The van der Waals surface area contributed by atoms with Crippen LogP contribution >= 0.6 is 0 Å². The fourth-order valence-corrected chi connectivity index (χ4v) is 6.90. The summed E-state index contributed by atoms with van der Waals surface area (Å²) in [6.45, 7) is 18.1. The Hall–Kier alpha value is -1.74. The lowest BCUT2D eigenvalue weighted by Crippen LogP contribution is -2.23. The zero-order chi connectivity index (χ0) is 28.3. The lowest BCUT2D eigenvalue weighted by atomic mass is 10.0. The maximum atomic E-state index is 12.3. The standard InChI is InChI=1S/C30H54O5Si2/c1-9-34-29(32)27(24-36(3,4)5)21-17-13-11-12-15-19-26(23-31)20-16-14-18-22-28(25-37(6,7)8)30(33)35-10-2/h19,21-23H,9-18,20,24-25H2,1-8H3/b26-19-,27-21+,28-22+. The summed E-state index contributed by atoms with van der Waals surface area (Å²) in [6.07, 6.45) is 15.6. The SMILES string of the molecule is CCOC(=O)/C(=C/CCCCC/C=C(\C=O)CCCC/C=C(\C[Si](C)(C)C)C(=O)OCC)C[Si](C)(C)C. The Morgan fingerprint density at radius 3 is 1.41 bits per heavy atom. The van der Waals surface area contributed by atoms with Crippen LogP contribution in [0.5, 0.6) is 0 Å². The summed E-state index contributed by atoms with van der Waals surface area (Å²) >= 11 is 0. The van der Waals surface area contributed by atoms with E-state index in [1.165, 1.54) is 0 Å². The minimum absolute atomic E-state index is 0.160. The van der Waals surface area contributed by atoms with E-state index in [0.717, 1.165) is 92.9 Å². The quantitative estimate of drug-likeness (QED) is 0.0501. The molecule has 0 aromatic carbocycles. The van der Waals surface area contributed by atoms with Gasteiger partial charge in [0.2, 0.25) is 0 Å². The lowest BCUT2D eigenvalue weighted by molar-refractivity contribution is -0.139. The Morgan fingerprint density at radius 2 is 1.03 bits per heavy atom. The zero-order valence-corrected chi connectivity index (χ0v) is 27.0. The highest BCUT2D eigenvalue weighted by atomic mass is 28.3. The van der Waals surface area contributed by atoms with Crippen molar-refractivity contribution in [2.24, 2.45) is 0 Å². The number of aldehydes is 1. The van der Waals surface area contributed by atoms with Gasteiger partial charge in [-0.2, -0.15) is 0 Å². The molecule has 0 aromatic rings. The van der Waals surface area contributed by atoms with E-state index in [2.05, 4.69) is 51.4 Å². The highest BCUT2D eigenvalue weighted by molar-refractivity contribution is 6.77. The molecular weight excluding hydrogens is 496 g/mol. The summed E-state index contributed by atoms with van der Waals surface area (Å²) in [6, 6.07) is 1.69. The molecule has 37 heavy (non-hydrogen) atoms. The topological polar surface area (TPSA) is 69.7 Å². The van der Waals surface area contributed by atoms with Gasteiger partial charge < -0.3 is 9.47 Å². The lowest BCUT2D eigenvalue weighted by Gasteiger charge is -2.17. The van der Waals surface area contributed by atoms with Gasteiger partial charge in [-0.25, -0.2) is 9.59 Å². The van der Waals surface area contributed by atoms with Gasteiger partial charge >= 0.3 is 11.9 Å². The van der Waals surface area contributed by atoms with Crippen molar-refractivity contribution in [2.75, 3.05) is 13.2 Å². The number of allylic oxidation sites excluding steroid dienone is 4. The fraction of sp³-hybridized carbons (Fsp3) is 0.700. The van der Waals surface area contributed by atoms with Crippen LogP contribution in [0.15, 0.2) is 34.9 Å². The molecule has 0 spiro atoms. The van der Waals surface area contributed by atoms with Crippen LogP contribution in [0.3, 0.4) is 0 Å². The summed E-state index contributed by atoms with van der Waals surface area (Å²) in [5, 5.41) is 0. The van der Waals surface area contributed by atoms with E-state index >= 15 is 0 Å². The van der Waals surface area contributed by atoms with E-state index in [0.29, 0.717) is 13.2 Å². The summed E-state index contributed by atoms with van der Waals surface area (Å²) in [5.41, 5.74) is 2.53. The van der Waals surface area contributed by atoms with Gasteiger partial charge in [0.25, 0.3) is 0 Å². The monoisotopic (exact) mass is 550 g/mol. The van der Waals surface area contributed by atoms with Gasteiger partial charge in [-0.15, -0.1) is 0 Å². The van der Waals surface area contributed by atoms with Crippen LogP contribution in [0, 0.1) is 0 Å². The van der Waals surface area contributed by atoms with E-state index in [1.54, 1.807) is 0 Å². The minimum Gasteiger partial charge on any atom is -0.463 e. The van der Waals surface area contributed by atoms with Crippen LogP contribution in [0.2, 0.25) is 51.4 Å². The van der Waals surface area contributed by atoms with Crippen molar-refractivity contribution >= 4 is 34.4 Å². The molecule has 0 saturated carbocycles. The van der Waals surface area contributed by atoms with Crippen molar-refractivity contribution in [3.63, 3.8) is 0 Å². The third-order valence-corrected chi connectivity index (χ3v) is 8.57. The third kappa shape index (κ3) is 20.0. The molecule has 212 valence electrons. The predicted octanol–water partition coefficient (Wildman–Crippen LogP) is 8.28. The number of ether oxygens (including phenoxy) is 2. The molecule has 0 radical (unpaired) electrons. The van der Waals surface area contributed by atoms with Gasteiger partial charge in [0.05, 0.1) is 13.2 Å². The van der Waals surface area contributed by atoms with Crippen molar-refractivity contribution in [1.82, 2.24) is 0 Å². The number of hydrogen-bond donors (Lipinski definition) is 0. The van der Waals surface area contributed by atoms with Crippen molar-refractivity contribution < 1.29 is 23.9 Å². The number of unbranched alkanes of at least 4 members (excludes halogenated alkanes) is 6. The number of esters is 2. The van der Waals surface area contributed by atoms with Crippen molar-refractivity contribution in [3.8, 4) is 0 Å². The second-order valence-corrected chi connectivity index (χ2v) is 23.1. The molecule has 0 aliphatic heterocycles. The van der Waals surface area contributed by atoms with Crippen molar-refractivity contribution in [2.45, 2.75) is 123 Å². The normalized spacial score (nSPS) is 13.5. The van der Waals surface area contributed by atoms with Gasteiger partial charge in [0.1, 0.15) is 6.29 Å².